The molecule has 2 saturated carbocycles. The number of carbonyl (C=O) groups excluding carboxylic acids is 2. The van der Waals surface area contributed by atoms with Crippen molar-refractivity contribution < 1.29 is 14.7 Å². The number of aliphatic hydroxyl groups is 1. The first-order chi connectivity index (χ1) is 14.4. The molecule has 0 unspecified atom stereocenters. The Morgan fingerprint density at radius 3 is 2.50 bits per heavy atom. The van der Waals surface area contributed by atoms with Gasteiger partial charge >= 0.3 is 0 Å². The molecule has 0 spiro atoms. The van der Waals surface area contributed by atoms with E-state index >= 15 is 0 Å². The largest absolute Gasteiger partial charge is 0.393 e. The summed E-state index contributed by atoms with van der Waals surface area (Å²) in [6.07, 6.45) is 6.96. The zero-order valence-corrected chi connectivity index (χ0v) is 18.1. The van der Waals surface area contributed by atoms with Gasteiger partial charge in [0.1, 0.15) is 11.7 Å². The Morgan fingerprint density at radius 2 is 1.83 bits per heavy atom. The molecule has 9 heteroatoms. The molecule has 2 amide bonds. The molecule has 1 N–H and O–H groups in total. The molecule has 2 aromatic heterocycles. The van der Waals surface area contributed by atoms with E-state index in [1.807, 2.05) is 17.2 Å². The van der Waals surface area contributed by atoms with Gasteiger partial charge in [0.25, 0.3) is 5.91 Å². The maximum atomic E-state index is 13.1. The molecule has 0 atom stereocenters. The molecule has 2 aliphatic carbocycles. The van der Waals surface area contributed by atoms with Gasteiger partial charge < -0.3 is 14.9 Å². The van der Waals surface area contributed by atoms with Gasteiger partial charge in [0.05, 0.1) is 11.1 Å². The molecule has 1 saturated heterocycles. The lowest BCUT2D eigenvalue weighted by Crippen LogP contribution is -2.56. The first-order valence-electron chi connectivity index (χ1n) is 10.6. The molecule has 30 heavy (non-hydrogen) atoms. The number of hydrogen-bond acceptors (Lipinski definition) is 4. The predicted octanol–water partition coefficient (Wildman–Crippen LogP) is 3.11. The van der Waals surface area contributed by atoms with Crippen molar-refractivity contribution in [1.82, 2.24) is 19.2 Å². The van der Waals surface area contributed by atoms with Gasteiger partial charge in [-0.15, -0.1) is 0 Å². The second-order valence-electron chi connectivity index (χ2n) is 8.62. The Balaban J connectivity index is 1.34. The molecule has 160 valence electrons. The van der Waals surface area contributed by atoms with Crippen molar-refractivity contribution in [3.05, 3.63) is 33.7 Å². The zero-order valence-electron chi connectivity index (χ0n) is 16.6. The van der Waals surface area contributed by atoms with Crippen LogP contribution in [0.2, 0.25) is 10.2 Å². The molecule has 0 bridgehead atoms. The van der Waals surface area contributed by atoms with Crippen LogP contribution in [0.1, 0.15) is 60.5 Å². The van der Waals surface area contributed by atoms with Gasteiger partial charge in [0.15, 0.2) is 11.3 Å². The average Bonchev–Trinajstić information content (AvgIpc) is 3.53. The molecule has 0 aromatic carbocycles. The molecular weight excluding hydrogens is 427 g/mol. The maximum Gasteiger partial charge on any atom is 0.276 e. The van der Waals surface area contributed by atoms with Crippen LogP contribution in [-0.4, -0.2) is 67.9 Å². The van der Waals surface area contributed by atoms with Crippen LogP contribution in [0.15, 0.2) is 12.3 Å². The fraction of sp³-hybridized carbons (Fsp3) is 0.571. The SMILES string of the molecule is O=C(c1nc2c(Cl)cc(C3CC3)cn2c1Cl)N1CCN(C2CCC(O)CC2)C(=O)C1. The maximum absolute atomic E-state index is 13.1. The van der Waals surface area contributed by atoms with E-state index in [-0.39, 0.29) is 41.4 Å². The van der Waals surface area contributed by atoms with Crippen LogP contribution in [0.25, 0.3) is 5.65 Å². The number of hydrogen-bond donors (Lipinski definition) is 1. The Bertz CT molecular complexity index is 1010. The van der Waals surface area contributed by atoms with Gasteiger partial charge in [-0.25, -0.2) is 4.98 Å². The summed E-state index contributed by atoms with van der Waals surface area (Å²) < 4.78 is 1.68. The highest BCUT2D eigenvalue weighted by Crippen LogP contribution is 2.41. The summed E-state index contributed by atoms with van der Waals surface area (Å²) in [7, 11) is 0. The molecule has 2 aromatic rings. The third-order valence-corrected chi connectivity index (χ3v) is 7.18. The summed E-state index contributed by atoms with van der Waals surface area (Å²) in [5.74, 6) is 0.0841. The van der Waals surface area contributed by atoms with E-state index in [1.54, 1.807) is 4.40 Å². The number of rotatable bonds is 3. The summed E-state index contributed by atoms with van der Waals surface area (Å²) in [5, 5.41) is 10.4. The lowest BCUT2D eigenvalue weighted by molar-refractivity contribution is -0.138. The normalized spacial score (nSPS) is 25.2. The van der Waals surface area contributed by atoms with Gasteiger partial charge in [0, 0.05) is 25.3 Å². The number of imidazole rings is 1. The summed E-state index contributed by atoms with van der Waals surface area (Å²) in [4.78, 5) is 33.7. The second kappa shape index (κ2) is 7.70. The molecule has 7 nitrogen and oxygen atoms in total. The monoisotopic (exact) mass is 450 g/mol. The molecular formula is C21H24Cl2N4O3. The minimum absolute atomic E-state index is 0.0170. The quantitative estimate of drug-likeness (QED) is 0.778. The van der Waals surface area contributed by atoms with E-state index in [4.69, 9.17) is 23.2 Å². The first kappa shape index (κ1) is 20.1. The standard InChI is InChI=1S/C21H24Cl2N4O3/c22-16-9-13(12-1-2-12)10-27-19(23)18(24-20(16)27)21(30)25-7-8-26(17(29)11-25)14-3-5-15(28)6-4-14/h9-10,12,14-15,28H,1-8,11H2. The van der Waals surface area contributed by atoms with Crippen molar-refractivity contribution >= 4 is 40.7 Å². The van der Waals surface area contributed by atoms with Crippen LogP contribution in [0.5, 0.6) is 0 Å². The molecule has 0 radical (unpaired) electrons. The van der Waals surface area contributed by atoms with E-state index in [1.165, 1.54) is 4.90 Å². The summed E-state index contributed by atoms with van der Waals surface area (Å²) >= 11 is 12.9. The summed E-state index contributed by atoms with van der Waals surface area (Å²) in [5.41, 5.74) is 1.70. The van der Waals surface area contributed by atoms with Crippen LogP contribution in [0.3, 0.4) is 0 Å². The minimum atomic E-state index is -0.347. The second-order valence-corrected chi connectivity index (χ2v) is 9.38. The predicted molar refractivity (Wildman–Crippen MR) is 113 cm³/mol. The number of fused-ring (bicyclic) bond motifs is 1. The fourth-order valence-corrected chi connectivity index (χ4v) is 5.15. The van der Waals surface area contributed by atoms with E-state index in [9.17, 15) is 14.7 Å². The van der Waals surface area contributed by atoms with Gasteiger partial charge in [-0.3, -0.25) is 14.0 Å². The summed E-state index contributed by atoms with van der Waals surface area (Å²) in [6.45, 7) is 0.945. The first-order valence-corrected chi connectivity index (χ1v) is 11.3. The number of aromatic nitrogens is 2. The summed E-state index contributed by atoms with van der Waals surface area (Å²) in [6, 6.07) is 2.05. The van der Waals surface area contributed by atoms with Crippen molar-refractivity contribution in [3.8, 4) is 0 Å². The number of halogens is 2. The number of nitrogens with zero attached hydrogens (tertiary/aromatic N) is 4. The van der Waals surface area contributed by atoms with Gasteiger partial charge in [-0.2, -0.15) is 0 Å². The molecule has 3 fully saturated rings. The van der Waals surface area contributed by atoms with Crippen LogP contribution in [0, 0.1) is 0 Å². The molecule has 3 heterocycles. The average molecular weight is 451 g/mol. The molecule has 3 aliphatic rings. The lowest BCUT2D eigenvalue weighted by Gasteiger charge is -2.41. The number of pyridine rings is 1. The van der Waals surface area contributed by atoms with Crippen molar-refractivity contribution in [1.29, 1.82) is 0 Å². The lowest BCUT2D eigenvalue weighted by atomic mass is 9.91. The molecule has 5 rings (SSSR count). The van der Waals surface area contributed by atoms with Gasteiger partial charge in [-0.05, 0) is 56.1 Å². The smallest absolute Gasteiger partial charge is 0.276 e. The van der Waals surface area contributed by atoms with E-state index < -0.39 is 0 Å². The Labute approximate surface area is 184 Å². The highest BCUT2D eigenvalue weighted by atomic mass is 35.5. The third kappa shape index (κ3) is 3.57. The number of carbonyl (C=O) groups is 2. The highest BCUT2D eigenvalue weighted by Gasteiger charge is 2.35. The van der Waals surface area contributed by atoms with Gasteiger partial charge in [-0.1, -0.05) is 23.2 Å². The molecule has 1 aliphatic heterocycles. The minimum Gasteiger partial charge on any atom is -0.393 e. The van der Waals surface area contributed by atoms with Crippen molar-refractivity contribution in [2.45, 2.75) is 56.6 Å². The number of piperazine rings is 1. The third-order valence-electron chi connectivity index (χ3n) is 6.54. The van der Waals surface area contributed by atoms with Crippen LogP contribution >= 0.6 is 23.2 Å². The Hall–Kier alpha value is -1.83. The van der Waals surface area contributed by atoms with Crippen LogP contribution in [-0.2, 0) is 4.79 Å². The van der Waals surface area contributed by atoms with Crippen LogP contribution < -0.4 is 0 Å². The highest BCUT2D eigenvalue weighted by molar-refractivity contribution is 6.35. The zero-order chi connectivity index (χ0) is 21.0. The van der Waals surface area contributed by atoms with Crippen LogP contribution in [0.4, 0.5) is 0 Å². The Morgan fingerprint density at radius 1 is 1.10 bits per heavy atom. The van der Waals surface area contributed by atoms with E-state index in [2.05, 4.69) is 4.98 Å². The van der Waals surface area contributed by atoms with Crippen molar-refractivity contribution in [2.24, 2.45) is 0 Å². The fourth-order valence-electron chi connectivity index (χ4n) is 4.64. The van der Waals surface area contributed by atoms with Gasteiger partial charge in [0.2, 0.25) is 5.91 Å². The van der Waals surface area contributed by atoms with E-state index in [0.717, 1.165) is 44.1 Å². The topological polar surface area (TPSA) is 78.2 Å². The van der Waals surface area contributed by atoms with Crippen molar-refractivity contribution in [2.75, 3.05) is 19.6 Å². The Kier molecular flexibility index (Phi) is 5.16. The van der Waals surface area contributed by atoms with E-state index in [0.29, 0.717) is 29.7 Å². The van der Waals surface area contributed by atoms with Crippen molar-refractivity contribution in [3.63, 3.8) is 0 Å². The number of amides is 2. The number of aliphatic hydroxyl groups excluding tert-OH is 1.